The molecule has 2 N–H and O–H groups in total. The number of nitrogens with one attached hydrogen (secondary N) is 2. The minimum absolute atomic E-state index is 0.0207. The molecule has 3 aromatic rings. The largest absolute Gasteiger partial charge is 0.492 e. The maximum absolute atomic E-state index is 13.4. The summed E-state index contributed by atoms with van der Waals surface area (Å²) in [5.74, 6) is 0.309. The summed E-state index contributed by atoms with van der Waals surface area (Å²) in [5.41, 5.74) is 0.155. The monoisotopic (exact) mass is 498 g/mol. The zero-order valence-electron chi connectivity index (χ0n) is 19.9. The summed E-state index contributed by atoms with van der Waals surface area (Å²) in [5, 5.41) is 7.27. The van der Waals surface area contributed by atoms with Gasteiger partial charge in [-0.05, 0) is 62.1 Å². The molecule has 186 valence electrons. The fourth-order valence-corrected chi connectivity index (χ4v) is 5.54. The average Bonchev–Trinajstić information content (AvgIpc) is 3.36. The van der Waals surface area contributed by atoms with Gasteiger partial charge in [-0.25, -0.2) is 4.79 Å². The molecule has 4 rings (SSSR count). The Kier molecular flexibility index (Phi) is 7.70. The van der Waals surface area contributed by atoms with Crippen LogP contribution in [0.3, 0.4) is 0 Å². The van der Waals surface area contributed by atoms with Crippen LogP contribution in [-0.4, -0.2) is 34.6 Å². The molecule has 2 aromatic heterocycles. The number of para-hydroxylation sites is 2. The smallest absolute Gasteiger partial charge is 0.332 e. The number of benzene rings is 1. The van der Waals surface area contributed by atoms with Crippen molar-refractivity contribution in [1.82, 2.24) is 14.5 Å². The van der Waals surface area contributed by atoms with Gasteiger partial charge in [0.1, 0.15) is 17.0 Å². The molecule has 35 heavy (non-hydrogen) atoms. The molecule has 0 atom stereocenters. The fraction of sp³-hybridized carbons (Fsp3) is 0.440. The summed E-state index contributed by atoms with van der Waals surface area (Å²) in [6.45, 7) is 2.37. The number of rotatable bonds is 8. The number of fused-ring (bicyclic) bond motifs is 1. The van der Waals surface area contributed by atoms with Crippen LogP contribution in [0, 0.1) is 11.8 Å². The normalized spacial score (nSPS) is 17.8. The molecule has 9 nitrogen and oxygen atoms in total. The van der Waals surface area contributed by atoms with Crippen molar-refractivity contribution < 1.29 is 14.3 Å². The molecule has 0 unspecified atom stereocenters. The van der Waals surface area contributed by atoms with E-state index in [1.807, 2.05) is 13.0 Å². The zero-order chi connectivity index (χ0) is 24.9. The third kappa shape index (κ3) is 5.32. The van der Waals surface area contributed by atoms with Gasteiger partial charge in [0.25, 0.3) is 5.56 Å². The maximum atomic E-state index is 13.4. The minimum Gasteiger partial charge on any atom is -0.492 e. The number of nitrogens with zero attached hydrogens (tertiary/aromatic N) is 2. The van der Waals surface area contributed by atoms with E-state index in [1.54, 1.807) is 36.7 Å². The third-order valence-corrected chi connectivity index (χ3v) is 7.40. The van der Waals surface area contributed by atoms with Crippen LogP contribution in [0.5, 0.6) is 5.75 Å². The lowest BCUT2D eigenvalue weighted by Crippen LogP contribution is -2.43. The molecule has 2 amide bonds. The Hall–Kier alpha value is -3.40. The van der Waals surface area contributed by atoms with Crippen molar-refractivity contribution in [1.29, 1.82) is 0 Å². The van der Waals surface area contributed by atoms with E-state index in [0.29, 0.717) is 28.3 Å². The van der Waals surface area contributed by atoms with E-state index < -0.39 is 5.69 Å². The van der Waals surface area contributed by atoms with Crippen molar-refractivity contribution in [3.05, 3.63) is 56.5 Å². The molecule has 0 aliphatic heterocycles. The van der Waals surface area contributed by atoms with Crippen molar-refractivity contribution in [2.75, 3.05) is 19.0 Å². The van der Waals surface area contributed by atoms with Crippen molar-refractivity contribution in [2.24, 2.45) is 11.8 Å². The maximum Gasteiger partial charge on any atom is 0.332 e. The number of ether oxygens (including phenoxy) is 1. The van der Waals surface area contributed by atoms with Gasteiger partial charge in [0.2, 0.25) is 11.8 Å². The first-order valence-electron chi connectivity index (χ1n) is 11.9. The molecule has 10 heteroatoms. The highest BCUT2D eigenvalue weighted by atomic mass is 32.1. The van der Waals surface area contributed by atoms with Crippen molar-refractivity contribution >= 4 is 39.1 Å². The first-order valence-corrected chi connectivity index (χ1v) is 12.7. The van der Waals surface area contributed by atoms with Gasteiger partial charge in [0.05, 0.1) is 17.8 Å². The van der Waals surface area contributed by atoms with Crippen LogP contribution in [0.4, 0.5) is 5.69 Å². The predicted octanol–water partition coefficient (Wildman–Crippen LogP) is 2.81. The summed E-state index contributed by atoms with van der Waals surface area (Å²) >= 11 is 1.26. The molecule has 1 fully saturated rings. The van der Waals surface area contributed by atoms with E-state index in [0.717, 1.165) is 25.7 Å². The number of carbonyl (C=O) groups is 2. The molecule has 2 heterocycles. The second kappa shape index (κ2) is 10.9. The molecular weight excluding hydrogens is 468 g/mol. The van der Waals surface area contributed by atoms with E-state index in [1.165, 1.54) is 20.5 Å². The number of hydrogen-bond acceptors (Lipinski definition) is 6. The lowest BCUT2D eigenvalue weighted by atomic mass is 9.81. The van der Waals surface area contributed by atoms with Crippen molar-refractivity contribution in [3.8, 4) is 5.75 Å². The van der Waals surface area contributed by atoms with Crippen molar-refractivity contribution in [2.45, 2.75) is 45.7 Å². The van der Waals surface area contributed by atoms with Crippen LogP contribution >= 0.6 is 11.3 Å². The van der Waals surface area contributed by atoms with Gasteiger partial charge in [-0.2, -0.15) is 0 Å². The Morgan fingerprint density at radius 3 is 2.54 bits per heavy atom. The van der Waals surface area contributed by atoms with Gasteiger partial charge >= 0.3 is 5.69 Å². The lowest BCUT2D eigenvalue weighted by Gasteiger charge is -2.27. The van der Waals surface area contributed by atoms with Gasteiger partial charge in [0, 0.05) is 19.5 Å². The minimum atomic E-state index is -0.498. The van der Waals surface area contributed by atoms with Gasteiger partial charge in [0.15, 0.2) is 0 Å². The van der Waals surface area contributed by atoms with Gasteiger partial charge < -0.3 is 15.4 Å². The Morgan fingerprint density at radius 2 is 1.83 bits per heavy atom. The molecule has 1 aliphatic carbocycles. The number of hydrogen-bond donors (Lipinski definition) is 2. The van der Waals surface area contributed by atoms with E-state index in [4.69, 9.17) is 4.74 Å². The van der Waals surface area contributed by atoms with Crippen LogP contribution in [0.1, 0.15) is 32.6 Å². The van der Waals surface area contributed by atoms with Crippen molar-refractivity contribution in [3.63, 3.8) is 0 Å². The molecule has 0 saturated heterocycles. The topological polar surface area (TPSA) is 111 Å². The zero-order valence-corrected chi connectivity index (χ0v) is 20.7. The Labute approximate surface area is 206 Å². The lowest BCUT2D eigenvalue weighted by molar-refractivity contribution is -0.125. The second-order valence-corrected chi connectivity index (χ2v) is 9.64. The first-order chi connectivity index (χ1) is 16.9. The van der Waals surface area contributed by atoms with Gasteiger partial charge in [-0.15, -0.1) is 11.3 Å². The summed E-state index contributed by atoms with van der Waals surface area (Å²) in [6, 6.07) is 8.81. The van der Waals surface area contributed by atoms with E-state index in [2.05, 4.69) is 10.6 Å². The number of carbonyl (C=O) groups excluding carboxylic acids is 2. The summed E-state index contributed by atoms with van der Waals surface area (Å²) in [6.07, 6.45) is 2.99. The molecule has 1 saturated carbocycles. The second-order valence-electron chi connectivity index (χ2n) is 8.73. The Balaban J connectivity index is 1.57. The molecule has 1 aliphatic rings. The third-order valence-electron chi connectivity index (χ3n) is 6.50. The average molecular weight is 499 g/mol. The highest BCUT2D eigenvalue weighted by Crippen LogP contribution is 2.30. The number of aromatic nitrogens is 2. The quantitative estimate of drug-likeness (QED) is 0.496. The standard InChI is InChI=1S/C25H30N4O5S/c1-3-34-20-7-5-4-6-18(20)27-21(30)15-28-19-12-13-35-22(19)24(32)29(25(28)33)14-16-8-10-17(11-9-16)23(31)26-2/h4-7,12-13,16-17H,3,8-11,14-15H2,1-2H3,(H,26,31)(H,27,30). The van der Waals surface area contributed by atoms with Crippen LogP contribution in [0.25, 0.3) is 10.2 Å². The van der Waals surface area contributed by atoms with Crippen LogP contribution < -0.4 is 26.6 Å². The SMILES string of the molecule is CCOc1ccccc1NC(=O)Cn1c(=O)n(CC2CCC(C(=O)NC)CC2)c(=O)c2sccc21. The van der Waals surface area contributed by atoms with E-state index >= 15 is 0 Å². The molecule has 0 bridgehead atoms. The van der Waals surface area contributed by atoms with Crippen LogP contribution in [-0.2, 0) is 22.7 Å². The Bertz CT molecular complexity index is 1330. The number of thiophene rings is 1. The predicted molar refractivity (Wildman–Crippen MR) is 136 cm³/mol. The molecule has 0 spiro atoms. The molecular formula is C25H30N4O5S. The van der Waals surface area contributed by atoms with Crippen LogP contribution in [0.15, 0.2) is 45.3 Å². The highest BCUT2D eigenvalue weighted by Gasteiger charge is 2.27. The number of amides is 2. The number of anilines is 1. The first kappa shape index (κ1) is 24.7. The molecule has 1 aromatic carbocycles. The highest BCUT2D eigenvalue weighted by molar-refractivity contribution is 7.17. The van der Waals surface area contributed by atoms with E-state index in [9.17, 15) is 19.2 Å². The summed E-state index contributed by atoms with van der Waals surface area (Å²) in [7, 11) is 1.64. The summed E-state index contributed by atoms with van der Waals surface area (Å²) < 4.78 is 8.63. The molecule has 0 radical (unpaired) electrons. The Morgan fingerprint density at radius 1 is 1.09 bits per heavy atom. The van der Waals surface area contributed by atoms with Gasteiger partial charge in [-0.1, -0.05) is 12.1 Å². The van der Waals surface area contributed by atoms with Crippen LogP contribution in [0.2, 0.25) is 0 Å². The fourth-order valence-electron chi connectivity index (χ4n) is 4.70. The van der Waals surface area contributed by atoms with Gasteiger partial charge in [-0.3, -0.25) is 23.5 Å². The summed E-state index contributed by atoms with van der Waals surface area (Å²) in [4.78, 5) is 51.4. The van der Waals surface area contributed by atoms with E-state index in [-0.39, 0.29) is 42.3 Å².